The Morgan fingerprint density at radius 3 is 2.53 bits per heavy atom. The van der Waals surface area contributed by atoms with Crippen LogP contribution in [0.4, 0.5) is 0 Å². The molecule has 1 aromatic heterocycles. The molecule has 0 aliphatic heterocycles. The Morgan fingerprint density at radius 2 is 2.12 bits per heavy atom. The lowest BCUT2D eigenvalue weighted by Crippen LogP contribution is -2.41. The smallest absolute Gasteiger partial charge is 0.326 e. The summed E-state index contributed by atoms with van der Waals surface area (Å²) < 4.78 is 4.81. The van der Waals surface area contributed by atoms with E-state index in [1.54, 1.807) is 13.8 Å². The molecule has 0 saturated heterocycles. The van der Waals surface area contributed by atoms with E-state index in [1.165, 1.54) is 0 Å². The fraction of sp³-hybridized carbons (Fsp3) is 0.500. The zero-order valence-corrected chi connectivity index (χ0v) is 9.56. The summed E-state index contributed by atoms with van der Waals surface area (Å²) in [6.45, 7) is 2.84. The number of aromatic nitrogens is 1. The van der Waals surface area contributed by atoms with Crippen LogP contribution in [0.5, 0.6) is 0 Å². The topological polar surface area (TPSA) is 113 Å². The lowest BCUT2D eigenvalue weighted by atomic mass is 10.1. The molecule has 0 fully saturated rings. The van der Waals surface area contributed by atoms with Crippen LogP contribution in [0.25, 0.3) is 0 Å². The van der Waals surface area contributed by atoms with Gasteiger partial charge in [0, 0.05) is 13.0 Å². The van der Waals surface area contributed by atoms with Crippen LogP contribution in [0.3, 0.4) is 0 Å². The number of aliphatic hydroxyl groups is 1. The van der Waals surface area contributed by atoms with E-state index in [1.807, 2.05) is 0 Å². The predicted molar refractivity (Wildman–Crippen MR) is 56.6 cm³/mol. The van der Waals surface area contributed by atoms with Gasteiger partial charge in [-0.3, -0.25) is 4.79 Å². The second-order valence-corrected chi connectivity index (χ2v) is 3.58. The standard InChI is InChI=1S/C10H14N2O5/c1-5-8(6(2)17-12-5)9(14)11-7(3-4-13)10(15)16/h7,13H,3-4H2,1-2H3,(H,11,14)(H,15,16)/t7-/m1/s1. The van der Waals surface area contributed by atoms with Crippen molar-refractivity contribution >= 4 is 11.9 Å². The van der Waals surface area contributed by atoms with Gasteiger partial charge in [0.05, 0.1) is 5.69 Å². The maximum absolute atomic E-state index is 11.8. The van der Waals surface area contributed by atoms with Crippen molar-refractivity contribution in [3.63, 3.8) is 0 Å². The van der Waals surface area contributed by atoms with Gasteiger partial charge in [0.2, 0.25) is 0 Å². The molecule has 0 saturated carbocycles. The monoisotopic (exact) mass is 242 g/mol. The minimum atomic E-state index is -1.20. The van der Waals surface area contributed by atoms with Crippen molar-refractivity contribution in [1.29, 1.82) is 0 Å². The molecule has 1 rings (SSSR count). The van der Waals surface area contributed by atoms with Gasteiger partial charge in [0.25, 0.3) is 5.91 Å². The minimum absolute atomic E-state index is 0.0511. The van der Waals surface area contributed by atoms with Gasteiger partial charge >= 0.3 is 5.97 Å². The van der Waals surface area contributed by atoms with E-state index in [2.05, 4.69) is 10.5 Å². The number of carboxylic acid groups (broad SMARTS) is 1. The third-order valence-corrected chi connectivity index (χ3v) is 2.28. The zero-order chi connectivity index (χ0) is 13.0. The van der Waals surface area contributed by atoms with Gasteiger partial charge in [0.1, 0.15) is 17.4 Å². The average Bonchev–Trinajstić information content (AvgIpc) is 2.57. The van der Waals surface area contributed by atoms with Crippen LogP contribution in [0.2, 0.25) is 0 Å². The Balaban J connectivity index is 2.81. The predicted octanol–water partition coefficient (Wildman–Crippen LogP) is -0.143. The Morgan fingerprint density at radius 1 is 1.47 bits per heavy atom. The molecule has 0 spiro atoms. The number of aliphatic carboxylic acids is 1. The van der Waals surface area contributed by atoms with E-state index in [9.17, 15) is 9.59 Å². The van der Waals surface area contributed by atoms with Crippen LogP contribution in [0, 0.1) is 13.8 Å². The van der Waals surface area contributed by atoms with Crippen LogP contribution in [0.15, 0.2) is 4.52 Å². The highest BCUT2D eigenvalue weighted by atomic mass is 16.5. The molecule has 94 valence electrons. The van der Waals surface area contributed by atoms with Crippen molar-refractivity contribution in [2.45, 2.75) is 26.3 Å². The van der Waals surface area contributed by atoms with E-state index in [0.29, 0.717) is 11.5 Å². The Bertz CT molecular complexity index is 407. The molecule has 0 aliphatic rings. The van der Waals surface area contributed by atoms with Gasteiger partial charge in [-0.25, -0.2) is 4.79 Å². The number of carbonyl (C=O) groups excluding carboxylic acids is 1. The highest BCUT2D eigenvalue weighted by Gasteiger charge is 2.24. The van der Waals surface area contributed by atoms with E-state index in [-0.39, 0.29) is 18.6 Å². The highest BCUT2D eigenvalue weighted by Crippen LogP contribution is 2.12. The van der Waals surface area contributed by atoms with Crippen molar-refractivity contribution in [2.24, 2.45) is 0 Å². The molecule has 3 N–H and O–H groups in total. The second-order valence-electron chi connectivity index (χ2n) is 3.58. The van der Waals surface area contributed by atoms with Gasteiger partial charge in [-0.2, -0.15) is 0 Å². The van der Waals surface area contributed by atoms with Crippen molar-refractivity contribution in [2.75, 3.05) is 6.61 Å². The van der Waals surface area contributed by atoms with Crippen LogP contribution in [0.1, 0.15) is 28.2 Å². The first-order valence-corrected chi connectivity index (χ1v) is 5.04. The van der Waals surface area contributed by atoms with Gasteiger partial charge in [-0.1, -0.05) is 5.16 Å². The summed E-state index contributed by atoms with van der Waals surface area (Å²) in [6.07, 6.45) is -0.0511. The summed E-state index contributed by atoms with van der Waals surface area (Å²) in [6, 6.07) is -1.12. The summed E-state index contributed by atoms with van der Waals surface area (Å²) >= 11 is 0. The van der Waals surface area contributed by atoms with Crippen molar-refractivity contribution in [3.8, 4) is 0 Å². The average molecular weight is 242 g/mol. The third-order valence-electron chi connectivity index (χ3n) is 2.28. The minimum Gasteiger partial charge on any atom is -0.480 e. The van der Waals surface area contributed by atoms with Gasteiger partial charge in [-0.05, 0) is 13.8 Å². The SMILES string of the molecule is Cc1noc(C)c1C(=O)N[C@H](CCO)C(=O)O. The van der Waals surface area contributed by atoms with Crippen LogP contribution in [-0.4, -0.2) is 39.9 Å². The van der Waals surface area contributed by atoms with Crippen molar-refractivity contribution in [1.82, 2.24) is 10.5 Å². The van der Waals surface area contributed by atoms with Crippen LogP contribution in [-0.2, 0) is 4.79 Å². The summed E-state index contributed by atoms with van der Waals surface area (Å²) in [4.78, 5) is 22.6. The highest BCUT2D eigenvalue weighted by molar-refractivity contribution is 5.98. The molecule has 0 aliphatic carbocycles. The van der Waals surface area contributed by atoms with Crippen molar-refractivity contribution < 1.29 is 24.3 Å². The van der Waals surface area contributed by atoms with Crippen LogP contribution < -0.4 is 5.32 Å². The molecular weight excluding hydrogens is 228 g/mol. The van der Waals surface area contributed by atoms with Gasteiger partial charge < -0.3 is 20.1 Å². The Labute approximate surface area is 97.4 Å². The normalized spacial score (nSPS) is 12.2. The summed E-state index contributed by atoms with van der Waals surface area (Å²) in [5.41, 5.74) is 0.627. The summed E-state index contributed by atoms with van der Waals surface area (Å²) in [7, 11) is 0. The molecular formula is C10H14N2O5. The molecule has 17 heavy (non-hydrogen) atoms. The first kappa shape index (κ1) is 13.2. The number of rotatable bonds is 5. The van der Waals surface area contributed by atoms with E-state index < -0.39 is 17.9 Å². The number of carboxylic acids is 1. The van der Waals surface area contributed by atoms with Gasteiger partial charge in [0.15, 0.2) is 0 Å². The number of hydrogen-bond donors (Lipinski definition) is 3. The number of nitrogens with zero attached hydrogens (tertiary/aromatic N) is 1. The molecule has 1 aromatic rings. The Kier molecular flexibility index (Phi) is 4.22. The molecule has 0 bridgehead atoms. The molecule has 0 unspecified atom stereocenters. The van der Waals surface area contributed by atoms with E-state index in [0.717, 1.165) is 0 Å². The first-order valence-electron chi connectivity index (χ1n) is 5.04. The lowest BCUT2D eigenvalue weighted by molar-refractivity contribution is -0.139. The number of amides is 1. The molecule has 0 aromatic carbocycles. The van der Waals surface area contributed by atoms with E-state index >= 15 is 0 Å². The molecule has 1 heterocycles. The quantitative estimate of drug-likeness (QED) is 0.662. The number of nitrogens with one attached hydrogen (secondary N) is 1. The molecule has 7 heteroatoms. The molecule has 1 amide bonds. The number of hydrogen-bond acceptors (Lipinski definition) is 5. The van der Waals surface area contributed by atoms with E-state index in [4.69, 9.17) is 14.7 Å². The first-order chi connectivity index (χ1) is 7.97. The van der Waals surface area contributed by atoms with Crippen molar-refractivity contribution in [3.05, 3.63) is 17.0 Å². The Hall–Kier alpha value is -1.89. The molecule has 7 nitrogen and oxygen atoms in total. The van der Waals surface area contributed by atoms with Crippen LogP contribution >= 0.6 is 0 Å². The maximum atomic E-state index is 11.8. The number of aliphatic hydroxyl groups excluding tert-OH is 1. The summed E-state index contributed by atoms with van der Waals surface area (Å²) in [5.74, 6) is -1.44. The number of aryl methyl sites for hydroxylation is 2. The third kappa shape index (κ3) is 3.04. The maximum Gasteiger partial charge on any atom is 0.326 e. The fourth-order valence-electron chi connectivity index (χ4n) is 1.42. The summed E-state index contributed by atoms with van der Waals surface area (Å²) in [5, 5.41) is 23.4. The number of carbonyl (C=O) groups is 2. The second kappa shape index (κ2) is 5.44. The molecule has 0 radical (unpaired) electrons. The van der Waals surface area contributed by atoms with Gasteiger partial charge in [-0.15, -0.1) is 0 Å². The fourth-order valence-corrected chi connectivity index (χ4v) is 1.42. The largest absolute Gasteiger partial charge is 0.480 e. The molecule has 1 atom stereocenters. The lowest BCUT2D eigenvalue weighted by Gasteiger charge is -2.12. The zero-order valence-electron chi connectivity index (χ0n) is 9.56.